The van der Waals surface area contributed by atoms with Crippen LogP contribution in [0.15, 0.2) is 48.5 Å². The molecular weight excluding hydrogens is 372 g/mol. The molecule has 0 radical (unpaired) electrons. The third-order valence-corrected chi connectivity index (χ3v) is 5.70. The fourth-order valence-electron chi connectivity index (χ4n) is 3.24. The molecule has 0 unspecified atom stereocenters. The van der Waals surface area contributed by atoms with Crippen molar-refractivity contribution in [1.82, 2.24) is 4.98 Å². The van der Waals surface area contributed by atoms with E-state index in [1.807, 2.05) is 48.5 Å². The molecule has 0 amide bonds. The minimum atomic E-state index is -0.602. The Bertz CT molecular complexity index is 853. The highest BCUT2D eigenvalue weighted by Crippen LogP contribution is 2.31. The third kappa shape index (κ3) is 5.78. The van der Waals surface area contributed by atoms with E-state index in [9.17, 15) is 4.79 Å². The quantitative estimate of drug-likeness (QED) is 0.614. The van der Waals surface area contributed by atoms with Crippen molar-refractivity contribution in [3.05, 3.63) is 54.1 Å². The average Bonchev–Trinajstić information content (AvgIpc) is 3.13. The van der Waals surface area contributed by atoms with Crippen LogP contribution in [0.2, 0.25) is 0 Å². The average molecular weight is 399 g/mol. The van der Waals surface area contributed by atoms with Crippen molar-refractivity contribution < 1.29 is 14.6 Å². The number of aromatic nitrogens is 1. The Labute approximate surface area is 169 Å². The first-order chi connectivity index (χ1) is 13.7. The number of hydrogen-bond donors (Lipinski definition) is 2. The van der Waals surface area contributed by atoms with Crippen molar-refractivity contribution in [3.63, 3.8) is 0 Å². The van der Waals surface area contributed by atoms with Crippen molar-refractivity contribution in [2.24, 2.45) is 11.7 Å². The summed E-state index contributed by atoms with van der Waals surface area (Å²) in [5.41, 5.74) is 7.72. The van der Waals surface area contributed by atoms with Gasteiger partial charge in [0, 0.05) is 0 Å². The number of fused-ring (bicyclic) bond motifs is 1. The monoisotopic (exact) mass is 398 g/mol. The first kappa shape index (κ1) is 20.3. The summed E-state index contributed by atoms with van der Waals surface area (Å²) in [6, 6.07) is 16.0. The first-order valence-electron chi connectivity index (χ1n) is 9.71. The summed E-state index contributed by atoms with van der Waals surface area (Å²) < 4.78 is 6.91. The molecule has 1 aliphatic carbocycles. The Morgan fingerprint density at radius 2 is 1.82 bits per heavy atom. The zero-order chi connectivity index (χ0) is 19.8. The van der Waals surface area contributed by atoms with Crippen molar-refractivity contribution in [2.45, 2.75) is 38.5 Å². The summed E-state index contributed by atoms with van der Waals surface area (Å²) in [6.07, 6.45) is 6.13. The van der Waals surface area contributed by atoms with Crippen LogP contribution in [0.1, 0.15) is 37.7 Å². The molecule has 4 rings (SSSR count). The van der Waals surface area contributed by atoms with E-state index in [-0.39, 0.29) is 5.92 Å². The molecule has 1 saturated carbocycles. The fourth-order valence-corrected chi connectivity index (χ4v) is 4.07. The van der Waals surface area contributed by atoms with E-state index in [4.69, 9.17) is 15.6 Å². The Morgan fingerprint density at radius 1 is 1.11 bits per heavy atom. The zero-order valence-corrected chi connectivity index (χ0v) is 16.7. The lowest BCUT2D eigenvalue weighted by Crippen LogP contribution is -2.16. The van der Waals surface area contributed by atoms with Crippen LogP contribution in [0, 0.1) is 5.92 Å². The van der Waals surface area contributed by atoms with Gasteiger partial charge in [-0.25, -0.2) is 4.98 Å². The van der Waals surface area contributed by atoms with Gasteiger partial charge >= 0.3 is 5.97 Å². The van der Waals surface area contributed by atoms with Crippen molar-refractivity contribution in [3.8, 4) is 10.9 Å². The highest BCUT2D eigenvalue weighted by Gasteiger charge is 2.19. The van der Waals surface area contributed by atoms with Gasteiger partial charge in [0.1, 0.15) is 5.75 Å². The van der Waals surface area contributed by atoms with Gasteiger partial charge in [-0.2, -0.15) is 0 Å². The normalized spacial score (nSPS) is 14.3. The second kappa shape index (κ2) is 10.2. The second-order valence-corrected chi connectivity index (χ2v) is 7.90. The van der Waals surface area contributed by atoms with Crippen LogP contribution >= 0.6 is 11.3 Å². The number of benzene rings is 2. The second-order valence-electron chi connectivity index (χ2n) is 6.91. The molecule has 0 aliphatic heterocycles. The summed E-state index contributed by atoms with van der Waals surface area (Å²) in [5.74, 6) is 0.174. The number of carboxylic acid groups (broad SMARTS) is 1. The number of hydrogen-bond acceptors (Lipinski definition) is 5. The summed E-state index contributed by atoms with van der Waals surface area (Å²) >= 11 is 1.55. The van der Waals surface area contributed by atoms with Crippen LogP contribution in [-0.4, -0.2) is 22.6 Å². The van der Waals surface area contributed by atoms with Crippen LogP contribution < -0.4 is 10.5 Å². The number of rotatable bonds is 5. The SMILES string of the molecule is NCCc1ccc(Oc2nc3ccccc3s2)cc1.O=C(O)C1CCCCC1. The van der Waals surface area contributed by atoms with E-state index in [0.29, 0.717) is 11.7 Å². The lowest BCUT2D eigenvalue weighted by Gasteiger charge is -2.16. The van der Waals surface area contributed by atoms with E-state index < -0.39 is 5.97 Å². The van der Waals surface area contributed by atoms with Gasteiger partial charge in [-0.1, -0.05) is 54.9 Å². The Morgan fingerprint density at radius 3 is 2.43 bits per heavy atom. The van der Waals surface area contributed by atoms with Gasteiger partial charge in [-0.05, 0) is 55.6 Å². The van der Waals surface area contributed by atoms with Gasteiger partial charge in [0.25, 0.3) is 5.19 Å². The molecule has 1 heterocycles. The Balaban J connectivity index is 0.000000211. The molecule has 3 aromatic rings. The third-order valence-electron chi connectivity index (χ3n) is 4.79. The molecule has 0 spiro atoms. The first-order valence-corrected chi connectivity index (χ1v) is 10.5. The molecule has 148 valence electrons. The molecule has 3 N–H and O–H groups in total. The van der Waals surface area contributed by atoms with Gasteiger partial charge in [0.15, 0.2) is 0 Å². The topological polar surface area (TPSA) is 85.4 Å². The van der Waals surface area contributed by atoms with Gasteiger partial charge in [0.2, 0.25) is 0 Å². The number of thiazole rings is 1. The summed E-state index contributed by atoms with van der Waals surface area (Å²) in [4.78, 5) is 14.8. The molecule has 0 saturated heterocycles. The summed E-state index contributed by atoms with van der Waals surface area (Å²) in [6.45, 7) is 0.665. The summed E-state index contributed by atoms with van der Waals surface area (Å²) in [7, 11) is 0. The number of carboxylic acids is 1. The molecule has 0 atom stereocenters. The minimum Gasteiger partial charge on any atom is -0.481 e. The smallest absolute Gasteiger partial charge is 0.306 e. The highest BCUT2D eigenvalue weighted by atomic mass is 32.1. The molecule has 2 aromatic carbocycles. The van der Waals surface area contributed by atoms with E-state index in [2.05, 4.69) is 4.98 Å². The van der Waals surface area contributed by atoms with Crippen LogP contribution in [0.4, 0.5) is 0 Å². The number of ether oxygens (including phenoxy) is 1. The van der Waals surface area contributed by atoms with E-state index in [1.54, 1.807) is 11.3 Å². The fraction of sp³-hybridized carbons (Fsp3) is 0.364. The van der Waals surface area contributed by atoms with E-state index in [0.717, 1.165) is 48.1 Å². The number of para-hydroxylation sites is 1. The maximum atomic E-state index is 10.4. The predicted molar refractivity (Wildman–Crippen MR) is 113 cm³/mol. The minimum absolute atomic E-state index is 0.0289. The zero-order valence-electron chi connectivity index (χ0n) is 15.8. The Kier molecular flexibility index (Phi) is 7.39. The molecule has 5 nitrogen and oxygen atoms in total. The maximum absolute atomic E-state index is 10.4. The largest absolute Gasteiger partial charge is 0.481 e. The summed E-state index contributed by atoms with van der Waals surface area (Å²) in [5, 5.41) is 9.21. The van der Waals surface area contributed by atoms with Crippen molar-refractivity contribution in [1.29, 1.82) is 0 Å². The highest BCUT2D eigenvalue weighted by molar-refractivity contribution is 7.20. The predicted octanol–water partition coefficient (Wildman–Crippen LogP) is 5.24. The van der Waals surface area contributed by atoms with Crippen LogP contribution in [0.3, 0.4) is 0 Å². The van der Waals surface area contributed by atoms with Crippen LogP contribution in [0.25, 0.3) is 10.2 Å². The van der Waals surface area contributed by atoms with E-state index in [1.165, 1.54) is 12.0 Å². The number of carbonyl (C=O) groups is 1. The molecule has 28 heavy (non-hydrogen) atoms. The number of aliphatic carboxylic acids is 1. The Hall–Kier alpha value is -2.44. The van der Waals surface area contributed by atoms with Crippen LogP contribution in [-0.2, 0) is 11.2 Å². The lowest BCUT2D eigenvalue weighted by atomic mass is 9.90. The van der Waals surface area contributed by atoms with Gasteiger partial charge in [-0.3, -0.25) is 4.79 Å². The molecule has 1 fully saturated rings. The molecule has 1 aliphatic rings. The van der Waals surface area contributed by atoms with Gasteiger partial charge < -0.3 is 15.6 Å². The van der Waals surface area contributed by atoms with Gasteiger partial charge in [0.05, 0.1) is 16.1 Å². The van der Waals surface area contributed by atoms with E-state index >= 15 is 0 Å². The number of nitrogens with zero attached hydrogens (tertiary/aromatic N) is 1. The van der Waals surface area contributed by atoms with Crippen LogP contribution in [0.5, 0.6) is 10.9 Å². The number of nitrogens with two attached hydrogens (primary N) is 1. The molecule has 0 bridgehead atoms. The maximum Gasteiger partial charge on any atom is 0.306 e. The molecule has 1 aromatic heterocycles. The van der Waals surface area contributed by atoms with Crippen molar-refractivity contribution in [2.75, 3.05) is 6.54 Å². The molecule has 6 heteroatoms. The lowest BCUT2D eigenvalue weighted by molar-refractivity contribution is -0.142. The van der Waals surface area contributed by atoms with Crippen molar-refractivity contribution >= 4 is 27.5 Å². The standard InChI is InChI=1S/C15H14N2OS.C7H12O2/c16-10-9-11-5-7-12(8-6-11)18-15-17-13-3-1-2-4-14(13)19-15;8-7(9)6-4-2-1-3-5-6/h1-8H,9-10,16H2;6H,1-5H2,(H,8,9). The van der Waals surface area contributed by atoms with Gasteiger partial charge in [-0.15, -0.1) is 0 Å². The molecular formula is C22H26N2O3S.